The smallest absolute Gasteiger partial charge is 0.407 e. The van der Waals surface area contributed by atoms with Gasteiger partial charge in [0, 0.05) is 53.8 Å². The van der Waals surface area contributed by atoms with Crippen molar-refractivity contribution in [3.63, 3.8) is 0 Å². The molecule has 3 aliphatic rings. The topological polar surface area (TPSA) is 97.4 Å². The Morgan fingerprint density at radius 1 is 0.727 bits per heavy atom. The summed E-state index contributed by atoms with van der Waals surface area (Å²) in [5.41, 5.74) is 4.79. The van der Waals surface area contributed by atoms with Gasteiger partial charge in [-0.15, -0.1) is 0 Å². The molecule has 5 aromatic carbocycles. The molecule has 55 heavy (non-hydrogen) atoms. The number of nitrogens with one attached hydrogen (secondary N) is 1. The first kappa shape index (κ1) is 36.5. The Morgan fingerprint density at radius 3 is 1.84 bits per heavy atom. The molecule has 1 N–H and O–H groups in total. The maximum atomic E-state index is 14.4. The molecule has 1 atom stereocenters. The second-order valence-electron chi connectivity index (χ2n) is 14.1. The van der Waals surface area contributed by atoms with Crippen molar-refractivity contribution in [3.05, 3.63) is 166 Å². The van der Waals surface area contributed by atoms with E-state index in [2.05, 4.69) is 22.3 Å². The van der Waals surface area contributed by atoms with Crippen molar-refractivity contribution < 1.29 is 28.6 Å². The van der Waals surface area contributed by atoms with Crippen LogP contribution in [0.2, 0.25) is 5.02 Å². The lowest BCUT2D eigenvalue weighted by molar-refractivity contribution is -0.156. The van der Waals surface area contributed by atoms with Crippen molar-refractivity contribution in [2.45, 2.75) is 30.0 Å². The SMILES string of the molecule is O=C(C[C@H](NC(=O)OCC1c2ccccc2-c2ccccc21)C(=O)N1CCN(C2COC2)CC1)OC(c1ccccc1)(c1ccccc1)c1ccccc1Cl. The molecule has 2 saturated heterocycles. The molecule has 9 nitrogen and oxygen atoms in total. The van der Waals surface area contributed by atoms with Gasteiger partial charge in [-0.1, -0.05) is 139 Å². The van der Waals surface area contributed by atoms with E-state index in [-0.39, 0.29) is 18.4 Å². The predicted octanol–water partition coefficient (Wildman–Crippen LogP) is 7.02. The van der Waals surface area contributed by atoms with E-state index in [1.165, 1.54) is 0 Å². The average Bonchev–Trinajstić information content (AvgIpc) is 3.52. The molecule has 2 heterocycles. The van der Waals surface area contributed by atoms with Gasteiger partial charge in [-0.3, -0.25) is 14.5 Å². The average molecular weight is 756 g/mol. The monoisotopic (exact) mass is 755 g/mol. The molecule has 2 fully saturated rings. The third kappa shape index (κ3) is 7.35. The van der Waals surface area contributed by atoms with Crippen molar-refractivity contribution in [1.29, 1.82) is 0 Å². The zero-order chi connectivity index (χ0) is 37.8. The zero-order valence-electron chi connectivity index (χ0n) is 30.3. The van der Waals surface area contributed by atoms with Gasteiger partial charge in [0.05, 0.1) is 25.7 Å². The van der Waals surface area contributed by atoms with Crippen LogP contribution in [0.4, 0.5) is 4.79 Å². The van der Waals surface area contributed by atoms with E-state index >= 15 is 0 Å². The van der Waals surface area contributed by atoms with E-state index < -0.39 is 30.1 Å². The fraction of sp³-hybridized carbons (Fsp3) is 0.267. The normalized spacial score (nSPS) is 16.3. The number of esters is 1. The lowest BCUT2D eigenvalue weighted by Gasteiger charge is -2.43. The number of piperazine rings is 1. The number of alkyl carbamates (subject to hydrolysis) is 1. The number of fused-ring (bicyclic) bond motifs is 3. The number of carbonyl (C=O) groups is 3. The third-order valence-corrected chi connectivity index (χ3v) is 11.3. The minimum Gasteiger partial charge on any atom is -0.449 e. The lowest BCUT2D eigenvalue weighted by Crippen LogP contribution is -2.60. The second-order valence-corrected chi connectivity index (χ2v) is 14.6. The molecule has 2 amide bonds. The molecule has 0 radical (unpaired) electrons. The van der Waals surface area contributed by atoms with E-state index in [9.17, 15) is 14.4 Å². The van der Waals surface area contributed by atoms with Gasteiger partial charge in [0.15, 0.2) is 5.60 Å². The maximum absolute atomic E-state index is 14.4. The van der Waals surface area contributed by atoms with E-state index in [4.69, 9.17) is 25.8 Å². The summed E-state index contributed by atoms with van der Waals surface area (Å²) in [5, 5.41) is 3.18. The summed E-state index contributed by atoms with van der Waals surface area (Å²) in [6.07, 6.45) is -1.23. The Bertz CT molecular complexity index is 2070. The molecule has 0 unspecified atom stereocenters. The molecule has 1 aliphatic carbocycles. The molecule has 280 valence electrons. The highest BCUT2D eigenvalue weighted by atomic mass is 35.5. The van der Waals surface area contributed by atoms with Gasteiger partial charge in [-0.2, -0.15) is 0 Å². The maximum Gasteiger partial charge on any atom is 0.407 e. The van der Waals surface area contributed by atoms with Gasteiger partial charge < -0.3 is 24.4 Å². The van der Waals surface area contributed by atoms with Gasteiger partial charge in [0.2, 0.25) is 5.91 Å². The Morgan fingerprint density at radius 2 is 1.27 bits per heavy atom. The van der Waals surface area contributed by atoms with Crippen molar-refractivity contribution in [2.75, 3.05) is 46.0 Å². The molecule has 2 aliphatic heterocycles. The van der Waals surface area contributed by atoms with Crippen LogP contribution in [0, 0.1) is 0 Å². The fourth-order valence-electron chi connectivity index (χ4n) is 8.07. The molecule has 0 aromatic heterocycles. The number of hydrogen-bond acceptors (Lipinski definition) is 7. The molecule has 0 bridgehead atoms. The van der Waals surface area contributed by atoms with Crippen LogP contribution in [0.3, 0.4) is 0 Å². The summed E-state index contributed by atoms with van der Waals surface area (Å²) in [6.45, 7) is 3.66. The minimum atomic E-state index is -1.47. The first-order valence-electron chi connectivity index (χ1n) is 18.7. The van der Waals surface area contributed by atoms with Gasteiger partial charge in [-0.25, -0.2) is 4.79 Å². The molecule has 0 saturated carbocycles. The first-order valence-corrected chi connectivity index (χ1v) is 19.1. The highest BCUT2D eigenvalue weighted by Crippen LogP contribution is 2.45. The van der Waals surface area contributed by atoms with E-state index in [1.54, 1.807) is 11.0 Å². The standard InChI is InChI=1S/C45H42ClN3O6/c46-40-22-12-11-21-39(40)45(31-13-3-1-4-14-31,32-15-5-2-6-16-32)55-42(50)27-41(43(51)49-25-23-48(24-26-49)33-28-53-29-33)47-44(52)54-30-38-36-19-9-7-17-34(36)35-18-8-10-20-37(35)38/h1-22,33,38,41H,23-30H2,(H,47,52)/t41-/m0/s1. The Labute approximate surface area is 325 Å². The highest BCUT2D eigenvalue weighted by molar-refractivity contribution is 6.31. The van der Waals surface area contributed by atoms with Crippen LogP contribution in [0.25, 0.3) is 11.1 Å². The summed E-state index contributed by atoms with van der Waals surface area (Å²) < 4.78 is 17.9. The van der Waals surface area contributed by atoms with Crippen LogP contribution in [0.5, 0.6) is 0 Å². The highest BCUT2D eigenvalue weighted by Gasteiger charge is 2.43. The van der Waals surface area contributed by atoms with Crippen LogP contribution in [0.15, 0.2) is 133 Å². The predicted molar refractivity (Wildman–Crippen MR) is 210 cm³/mol. The Kier molecular flexibility index (Phi) is 10.7. The van der Waals surface area contributed by atoms with Gasteiger partial charge >= 0.3 is 12.1 Å². The van der Waals surface area contributed by atoms with Gasteiger partial charge in [0.25, 0.3) is 0 Å². The molecular weight excluding hydrogens is 714 g/mol. The van der Waals surface area contributed by atoms with Crippen LogP contribution in [0.1, 0.15) is 40.2 Å². The summed E-state index contributed by atoms with van der Waals surface area (Å²) in [4.78, 5) is 46.5. The Balaban J connectivity index is 1.06. The number of carbonyl (C=O) groups excluding carboxylic acids is 3. The lowest BCUT2D eigenvalue weighted by atomic mass is 9.80. The van der Waals surface area contributed by atoms with Gasteiger partial charge in [-0.05, 0) is 28.3 Å². The van der Waals surface area contributed by atoms with Crippen molar-refractivity contribution >= 4 is 29.6 Å². The third-order valence-electron chi connectivity index (χ3n) is 10.9. The fourth-order valence-corrected chi connectivity index (χ4v) is 8.34. The summed E-state index contributed by atoms with van der Waals surface area (Å²) in [5.74, 6) is -1.25. The minimum absolute atomic E-state index is 0.0605. The van der Waals surface area contributed by atoms with Crippen molar-refractivity contribution in [2.24, 2.45) is 0 Å². The number of rotatable bonds is 11. The summed E-state index contributed by atoms with van der Waals surface area (Å²) in [6, 6.07) is 41.3. The first-order chi connectivity index (χ1) is 26.9. The van der Waals surface area contributed by atoms with Gasteiger partial charge in [0.1, 0.15) is 12.6 Å². The second kappa shape index (κ2) is 16.1. The molecule has 10 heteroatoms. The summed E-state index contributed by atoms with van der Waals surface area (Å²) >= 11 is 6.88. The summed E-state index contributed by atoms with van der Waals surface area (Å²) in [7, 11) is 0. The van der Waals surface area contributed by atoms with Crippen molar-refractivity contribution in [1.82, 2.24) is 15.1 Å². The zero-order valence-corrected chi connectivity index (χ0v) is 31.1. The van der Waals surface area contributed by atoms with Crippen LogP contribution in [-0.4, -0.2) is 85.9 Å². The number of benzene rings is 5. The number of halogens is 1. The largest absolute Gasteiger partial charge is 0.449 e. The van der Waals surface area contributed by atoms with Crippen LogP contribution in [-0.2, 0) is 29.4 Å². The number of amides is 2. The van der Waals surface area contributed by atoms with E-state index in [0.717, 1.165) is 22.3 Å². The quantitative estimate of drug-likeness (QED) is 0.114. The molecular formula is C45H42ClN3O6. The number of ether oxygens (including phenoxy) is 3. The molecule has 8 rings (SSSR count). The molecule has 0 spiro atoms. The number of hydrogen-bond donors (Lipinski definition) is 1. The molecule has 5 aromatic rings. The van der Waals surface area contributed by atoms with Crippen molar-refractivity contribution in [3.8, 4) is 11.1 Å². The van der Waals surface area contributed by atoms with E-state index in [1.807, 2.05) is 115 Å². The van der Waals surface area contributed by atoms with Crippen LogP contribution >= 0.6 is 11.6 Å². The number of nitrogens with zero attached hydrogens (tertiary/aromatic N) is 2. The van der Waals surface area contributed by atoms with Crippen LogP contribution < -0.4 is 5.32 Å². The Hall–Kier alpha value is -5.48. The van der Waals surface area contributed by atoms with E-state index in [0.29, 0.717) is 67.1 Å².